The zero-order chi connectivity index (χ0) is 17.1. The van der Waals surface area contributed by atoms with Crippen LogP contribution in [0.4, 0.5) is 0 Å². The van der Waals surface area contributed by atoms with Gasteiger partial charge in [-0.1, -0.05) is 12.1 Å². The Morgan fingerprint density at radius 2 is 2.04 bits per heavy atom. The van der Waals surface area contributed by atoms with Crippen molar-refractivity contribution in [1.82, 2.24) is 24.8 Å². The van der Waals surface area contributed by atoms with Gasteiger partial charge in [0.25, 0.3) is 5.91 Å². The van der Waals surface area contributed by atoms with Gasteiger partial charge in [-0.25, -0.2) is 15.0 Å². The highest BCUT2D eigenvalue weighted by Crippen LogP contribution is 2.38. The lowest BCUT2D eigenvalue weighted by Gasteiger charge is -2.07. The molecule has 1 fully saturated rings. The van der Waals surface area contributed by atoms with Crippen LogP contribution in [-0.2, 0) is 13.1 Å². The molecule has 1 amide bonds. The Morgan fingerprint density at radius 3 is 2.76 bits per heavy atom. The minimum atomic E-state index is -0.0965. The number of carbonyl (C=O) groups is 1. The van der Waals surface area contributed by atoms with Crippen molar-refractivity contribution < 1.29 is 4.79 Å². The van der Waals surface area contributed by atoms with Gasteiger partial charge in [-0.05, 0) is 36.6 Å². The van der Waals surface area contributed by atoms with Crippen LogP contribution >= 0.6 is 0 Å². The fraction of sp³-hybridized carbons (Fsp3) is 0.263. The zero-order valence-electron chi connectivity index (χ0n) is 13.8. The van der Waals surface area contributed by atoms with E-state index in [0.717, 1.165) is 23.5 Å². The number of nitrogens with zero attached hydrogens (tertiary/aromatic N) is 4. The number of carbonyl (C=O) groups excluding carboxylic acids is 1. The molecule has 0 bridgehead atoms. The molecule has 1 N–H and O–H groups in total. The first-order valence-electron chi connectivity index (χ1n) is 8.41. The first-order chi connectivity index (χ1) is 12.3. The molecule has 3 aromatic rings. The maximum Gasteiger partial charge on any atom is 0.251 e. The van der Waals surface area contributed by atoms with Gasteiger partial charge in [0.2, 0.25) is 0 Å². The van der Waals surface area contributed by atoms with E-state index in [-0.39, 0.29) is 5.91 Å². The average molecular weight is 333 g/mol. The first kappa shape index (κ1) is 15.5. The Balaban J connectivity index is 1.35. The Bertz CT molecular complexity index is 854. The number of imidazole rings is 1. The van der Waals surface area contributed by atoms with Crippen LogP contribution in [0.3, 0.4) is 0 Å². The van der Waals surface area contributed by atoms with Crippen molar-refractivity contribution >= 4 is 5.91 Å². The summed E-state index contributed by atoms with van der Waals surface area (Å²) in [5.41, 5.74) is 3.70. The van der Waals surface area contributed by atoms with Gasteiger partial charge >= 0.3 is 0 Å². The summed E-state index contributed by atoms with van der Waals surface area (Å²) in [6.45, 7) is 1.16. The quantitative estimate of drug-likeness (QED) is 0.752. The lowest BCUT2D eigenvalue weighted by Crippen LogP contribution is -2.23. The molecule has 1 saturated carbocycles. The van der Waals surface area contributed by atoms with Crippen LogP contribution in [0, 0.1) is 0 Å². The van der Waals surface area contributed by atoms with Crippen molar-refractivity contribution in [2.24, 2.45) is 0 Å². The highest BCUT2D eigenvalue weighted by atomic mass is 16.1. The van der Waals surface area contributed by atoms with Gasteiger partial charge in [-0.15, -0.1) is 0 Å². The van der Waals surface area contributed by atoms with Crippen molar-refractivity contribution in [3.63, 3.8) is 0 Å². The molecule has 0 spiro atoms. The summed E-state index contributed by atoms with van der Waals surface area (Å²) in [7, 11) is 0. The first-order valence-corrected chi connectivity index (χ1v) is 8.41. The molecule has 1 aliphatic rings. The molecule has 6 heteroatoms. The molecule has 2 heterocycles. The SMILES string of the molecule is O=C(NCc1cc(C2CC2)ncn1)c1ccc(Cn2ccnc2)cc1. The molecule has 25 heavy (non-hydrogen) atoms. The molecule has 6 nitrogen and oxygen atoms in total. The Kier molecular flexibility index (Phi) is 4.24. The number of amides is 1. The predicted octanol–water partition coefficient (Wildman–Crippen LogP) is 2.53. The smallest absolute Gasteiger partial charge is 0.251 e. The summed E-state index contributed by atoms with van der Waals surface area (Å²) in [4.78, 5) is 24.9. The summed E-state index contributed by atoms with van der Waals surface area (Å²) in [6, 6.07) is 9.61. The highest BCUT2D eigenvalue weighted by Gasteiger charge is 2.25. The van der Waals surface area contributed by atoms with Crippen molar-refractivity contribution in [1.29, 1.82) is 0 Å². The van der Waals surface area contributed by atoms with E-state index in [1.807, 2.05) is 41.1 Å². The van der Waals surface area contributed by atoms with Gasteiger partial charge in [-0.2, -0.15) is 0 Å². The van der Waals surface area contributed by atoms with E-state index in [2.05, 4.69) is 20.3 Å². The summed E-state index contributed by atoms with van der Waals surface area (Å²) >= 11 is 0. The van der Waals surface area contributed by atoms with Crippen molar-refractivity contribution in [3.05, 3.63) is 77.9 Å². The summed E-state index contributed by atoms with van der Waals surface area (Å²) in [6.07, 6.45) is 9.43. The van der Waals surface area contributed by atoms with Gasteiger partial charge in [0, 0.05) is 36.1 Å². The minimum absolute atomic E-state index is 0.0965. The normalized spacial score (nSPS) is 13.6. The molecule has 2 aromatic heterocycles. The number of hydrogen-bond acceptors (Lipinski definition) is 4. The average Bonchev–Trinajstić information content (AvgIpc) is 3.38. The fourth-order valence-electron chi connectivity index (χ4n) is 2.74. The minimum Gasteiger partial charge on any atom is -0.346 e. The number of rotatable bonds is 6. The van der Waals surface area contributed by atoms with Gasteiger partial charge in [-0.3, -0.25) is 4.79 Å². The largest absolute Gasteiger partial charge is 0.346 e. The summed E-state index contributed by atoms with van der Waals surface area (Å²) in [5.74, 6) is 0.487. The van der Waals surface area contributed by atoms with Crippen LogP contribution < -0.4 is 5.32 Å². The van der Waals surface area contributed by atoms with Crippen molar-refractivity contribution in [3.8, 4) is 0 Å². The number of aromatic nitrogens is 4. The van der Waals surface area contributed by atoms with E-state index >= 15 is 0 Å². The lowest BCUT2D eigenvalue weighted by molar-refractivity contribution is 0.0950. The van der Waals surface area contributed by atoms with Gasteiger partial charge < -0.3 is 9.88 Å². The molecule has 0 aliphatic heterocycles. The number of hydrogen-bond donors (Lipinski definition) is 1. The van der Waals surface area contributed by atoms with Crippen LogP contribution in [0.2, 0.25) is 0 Å². The van der Waals surface area contributed by atoms with Crippen molar-refractivity contribution in [2.75, 3.05) is 0 Å². The molecule has 4 rings (SSSR count). The van der Waals surface area contributed by atoms with E-state index in [1.165, 1.54) is 12.8 Å². The maximum absolute atomic E-state index is 12.3. The molecule has 0 radical (unpaired) electrons. The maximum atomic E-state index is 12.3. The second-order valence-corrected chi connectivity index (χ2v) is 6.32. The number of benzene rings is 1. The van der Waals surface area contributed by atoms with Crippen LogP contribution in [0.15, 0.2) is 55.4 Å². The molecule has 1 aliphatic carbocycles. The second-order valence-electron chi connectivity index (χ2n) is 6.32. The van der Waals surface area contributed by atoms with Gasteiger partial charge in [0.05, 0.1) is 18.6 Å². The fourth-order valence-corrected chi connectivity index (χ4v) is 2.74. The third kappa shape index (κ3) is 3.91. The second kappa shape index (κ2) is 6.84. The third-order valence-corrected chi connectivity index (χ3v) is 4.31. The predicted molar refractivity (Wildman–Crippen MR) is 92.9 cm³/mol. The van der Waals surface area contributed by atoms with E-state index < -0.39 is 0 Å². The van der Waals surface area contributed by atoms with E-state index in [1.54, 1.807) is 18.9 Å². The molecular formula is C19H19N5O. The van der Waals surface area contributed by atoms with E-state index in [4.69, 9.17) is 0 Å². The zero-order valence-corrected chi connectivity index (χ0v) is 13.8. The van der Waals surface area contributed by atoms with Crippen LogP contribution in [-0.4, -0.2) is 25.4 Å². The topological polar surface area (TPSA) is 72.7 Å². The van der Waals surface area contributed by atoms with E-state index in [0.29, 0.717) is 18.0 Å². The van der Waals surface area contributed by atoms with Crippen LogP contribution in [0.1, 0.15) is 46.1 Å². The monoisotopic (exact) mass is 333 g/mol. The Hall–Kier alpha value is -3.02. The van der Waals surface area contributed by atoms with Crippen LogP contribution in [0.5, 0.6) is 0 Å². The van der Waals surface area contributed by atoms with E-state index in [9.17, 15) is 4.79 Å². The molecule has 0 unspecified atom stereocenters. The Labute approximate surface area is 146 Å². The molecule has 0 saturated heterocycles. The lowest BCUT2D eigenvalue weighted by atomic mass is 10.1. The van der Waals surface area contributed by atoms with Crippen molar-refractivity contribution in [2.45, 2.75) is 31.8 Å². The molecule has 1 aromatic carbocycles. The highest BCUT2D eigenvalue weighted by molar-refractivity contribution is 5.94. The van der Waals surface area contributed by atoms with Gasteiger partial charge in [0.1, 0.15) is 6.33 Å². The third-order valence-electron chi connectivity index (χ3n) is 4.31. The standard InChI is InChI=1S/C19H19N5O/c25-19(21-10-17-9-18(15-5-6-15)23-12-22-17)16-3-1-14(2-4-16)11-24-8-7-20-13-24/h1-4,7-9,12-13,15H,5-6,10-11H2,(H,21,25). The molecular weight excluding hydrogens is 314 g/mol. The Morgan fingerprint density at radius 1 is 1.20 bits per heavy atom. The van der Waals surface area contributed by atoms with Crippen LogP contribution in [0.25, 0.3) is 0 Å². The number of nitrogens with one attached hydrogen (secondary N) is 1. The summed E-state index contributed by atoms with van der Waals surface area (Å²) in [5, 5.41) is 2.92. The van der Waals surface area contributed by atoms with Gasteiger partial charge in [0.15, 0.2) is 0 Å². The molecule has 0 atom stereocenters. The molecule has 126 valence electrons. The summed E-state index contributed by atoms with van der Waals surface area (Å²) < 4.78 is 1.99.